The zero-order valence-corrected chi connectivity index (χ0v) is 13.2. The summed E-state index contributed by atoms with van der Waals surface area (Å²) in [5.74, 6) is -0.0530. The van der Waals surface area contributed by atoms with Crippen molar-refractivity contribution in [2.45, 2.75) is 13.5 Å². The molecule has 5 heteroatoms. The van der Waals surface area contributed by atoms with Crippen LogP contribution < -0.4 is 4.74 Å². The van der Waals surface area contributed by atoms with Gasteiger partial charge in [-0.2, -0.15) is 0 Å². The van der Waals surface area contributed by atoms with Gasteiger partial charge in [0.15, 0.2) is 6.61 Å². The average Bonchev–Trinajstić information content (AvgIpc) is 2.50. The van der Waals surface area contributed by atoms with E-state index in [1.807, 2.05) is 19.1 Å². The van der Waals surface area contributed by atoms with Crippen LogP contribution >= 0.6 is 11.6 Å². The number of hydrogen-bond acceptors (Lipinski definition) is 2. The molecule has 0 spiro atoms. The minimum atomic E-state index is -0.424. The van der Waals surface area contributed by atoms with Crippen LogP contribution in [0.3, 0.4) is 0 Å². The van der Waals surface area contributed by atoms with Crippen LogP contribution in [-0.2, 0) is 11.3 Å². The van der Waals surface area contributed by atoms with Gasteiger partial charge in [0.05, 0.1) is 0 Å². The van der Waals surface area contributed by atoms with Gasteiger partial charge in [0, 0.05) is 24.2 Å². The monoisotopic (exact) mass is 321 g/mol. The first-order chi connectivity index (χ1) is 10.5. The molecule has 0 bridgehead atoms. The van der Waals surface area contributed by atoms with Crippen LogP contribution in [-0.4, -0.2) is 24.5 Å². The van der Waals surface area contributed by atoms with Gasteiger partial charge in [-0.1, -0.05) is 35.4 Å². The van der Waals surface area contributed by atoms with E-state index in [4.69, 9.17) is 16.3 Å². The molecule has 0 radical (unpaired) electrons. The summed E-state index contributed by atoms with van der Waals surface area (Å²) in [6.45, 7) is 1.97. The lowest BCUT2D eigenvalue weighted by Gasteiger charge is -2.18. The summed E-state index contributed by atoms with van der Waals surface area (Å²) in [4.78, 5) is 13.4. The Balaban J connectivity index is 1.93. The summed E-state index contributed by atoms with van der Waals surface area (Å²) in [5, 5.41) is 0.305. The Hall–Kier alpha value is -2.07. The van der Waals surface area contributed by atoms with Crippen molar-refractivity contribution in [2.75, 3.05) is 13.7 Å². The van der Waals surface area contributed by atoms with Gasteiger partial charge >= 0.3 is 0 Å². The molecule has 0 aliphatic carbocycles. The molecule has 0 aromatic heterocycles. The van der Waals surface area contributed by atoms with Crippen LogP contribution in [0.4, 0.5) is 4.39 Å². The number of halogens is 2. The molecule has 0 unspecified atom stereocenters. The number of carbonyl (C=O) groups excluding carboxylic acids is 1. The van der Waals surface area contributed by atoms with Gasteiger partial charge in [-0.15, -0.1) is 0 Å². The quantitative estimate of drug-likeness (QED) is 0.837. The maximum absolute atomic E-state index is 13.7. The van der Waals surface area contributed by atoms with E-state index in [0.29, 0.717) is 16.3 Å². The molecule has 0 aliphatic rings. The molecule has 22 heavy (non-hydrogen) atoms. The zero-order chi connectivity index (χ0) is 16.1. The third-order valence-electron chi connectivity index (χ3n) is 3.27. The van der Waals surface area contributed by atoms with Crippen LogP contribution in [0, 0.1) is 12.7 Å². The van der Waals surface area contributed by atoms with Crippen LogP contribution in [0.1, 0.15) is 11.1 Å². The van der Waals surface area contributed by atoms with Gasteiger partial charge in [-0.25, -0.2) is 4.39 Å². The van der Waals surface area contributed by atoms with E-state index >= 15 is 0 Å². The summed E-state index contributed by atoms with van der Waals surface area (Å²) < 4.78 is 19.1. The van der Waals surface area contributed by atoms with Gasteiger partial charge in [0.2, 0.25) is 0 Å². The van der Waals surface area contributed by atoms with Gasteiger partial charge in [-0.05, 0) is 31.2 Å². The molecular weight excluding hydrogens is 305 g/mol. The summed E-state index contributed by atoms with van der Waals surface area (Å²) >= 11 is 5.96. The second-order valence-electron chi connectivity index (χ2n) is 5.05. The number of hydrogen-bond donors (Lipinski definition) is 0. The fraction of sp³-hybridized carbons (Fsp3) is 0.235. The molecular formula is C17H17ClFNO2. The Labute approximate surface area is 134 Å². The highest BCUT2D eigenvalue weighted by Crippen LogP contribution is 2.20. The first-order valence-electron chi connectivity index (χ1n) is 6.83. The molecule has 1 amide bonds. The summed E-state index contributed by atoms with van der Waals surface area (Å²) in [6, 6.07) is 11.9. The minimum absolute atomic E-state index is 0.0988. The van der Waals surface area contributed by atoms with E-state index in [0.717, 1.165) is 5.56 Å². The molecule has 3 nitrogen and oxygen atoms in total. The van der Waals surface area contributed by atoms with Crippen molar-refractivity contribution in [2.24, 2.45) is 0 Å². The molecule has 0 aliphatic heterocycles. The van der Waals surface area contributed by atoms with Crippen molar-refractivity contribution in [3.63, 3.8) is 0 Å². The molecule has 116 valence electrons. The van der Waals surface area contributed by atoms with Crippen molar-refractivity contribution in [3.05, 3.63) is 64.4 Å². The van der Waals surface area contributed by atoms with Gasteiger partial charge in [0.25, 0.3) is 5.91 Å². The SMILES string of the molecule is Cc1ccc(OCC(=O)N(C)Cc2c(F)cccc2Cl)cc1. The fourth-order valence-corrected chi connectivity index (χ4v) is 2.12. The van der Waals surface area contributed by atoms with E-state index in [2.05, 4.69) is 0 Å². The minimum Gasteiger partial charge on any atom is -0.484 e. The molecule has 0 saturated carbocycles. The number of nitrogens with zero attached hydrogens (tertiary/aromatic N) is 1. The van der Waals surface area contributed by atoms with E-state index in [1.165, 1.54) is 17.0 Å². The second-order valence-corrected chi connectivity index (χ2v) is 5.46. The van der Waals surface area contributed by atoms with Crippen molar-refractivity contribution in [1.82, 2.24) is 4.90 Å². The maximum Gasteiger partial charge on any atom is 0.260 e. The summed E-state index contributed by atoms with van der Waals surface area (Å²) in [5.41, 5.74) is 1.42. The first kappa shape index (κ1) is 16.3. The zero-order valence-electron chi connectivity index (χ0n) is 12.5. The second kappa shape index (κ2) is 7.27. The van der Waals surface area contributed by atoms with E-state index in [9.17, 15) is 9.18 Å². The van der Waals surface area contributed by atoms with Crippen LogP contribution in [0.2, 0.25) is 5.02 Å². The van der Waals surface area contributed by atoms with E-state index in [-0.39, 0.29) is 19.1 Å². The lowest BCUT2D eigenvalue weighted by molar-refractivity contribution is -0.132. The molecule has 0 heterocycles. The molecule has 0 N–H and O–H groups in total. The number of ether oxygens (including phenoxy) is 1. The van der Waals surface area contributed by atoms with Crippen LogP contribution in [0.25, 0.3) is 0 Å². The van der Waals surface area contributed by atoms with Gasteiger partial charge < -0.3 is 9.64 Å². The first-order valence-corrected chi connectivity index (χ1v) is 7.21. The molecule has 2 aromatic rings. The summed E-state index contributed by atoms with van der Waals surface area (Å²) in [7, 11) is 1.59. The normalized spacial score (nSPS) is 10.4. The topological polar surface area (TPSA) is 29.5 Å². The third-order valence-corrected chi connectivity index (χ3v) is 3.62. The number of benzene rings is 2. The fourth-order valence-electron chi connectivity index (χ4n) is 1.90. The highest BCUT2D eigenvalue weighted by atomic mass is 35.5. The molecule has 2 aromatic carbocycles. The van der Waals surface area contributed by atoms with Crippen molar-refractivity contribution in [1.29, 1.82) is 0 Å². The lowest BCUT2D eigenvalue weighted by Crippen LogP contribution is -2.31. The largest absolute Gasteiger partial charge is 0.484 e. The maximum atomic E-state index is 13.7. The van der Waals surface area contributed by atoms with E-state index < -0.39 is 5.82 Å². The molecule has 2 rings (SSSR count). The number of likely N-dealkylation sites (N-methyl/N-ethyl adjacent to an activating group) is 1. The molecule has 0 saturated heterocycles. The Kier molecular flexibility index (Phi) is 5.39. The van der Waals surface area contributed by atoms with Crippen molar-refractivity contribution >= 4 is 17.5 Å². The smallest absolute Gasteiger partial charge is 0.260 e. The number of carbonyl (C=O) groups is 1. The highest BCUT2D eigenvalue weighted by Gasteiger charge is 2.14. The average molecular weight is 322 g/mol. The van der Waals surface area contributed by atoms with Gasteiger partial charge in [0.1, 0.15) is 11.6 Å². The molecule has 0 fully saturated rings. The highest BCUT2D eigenvalue weighted by molar-refractivity contribution is 6.31. The predicted octanol–water partition coefficient (Wildman–Crippen LogP) is 3.82. The van der Waals surface area contributed by atoms with Gasteiger partial charge in [-0.3, -0.25) is 4.79 Å². The lowest BCUT2D eigenvalue weighted by atomic mass is 10.2. The van der Waals surface area contributed by atoms with Crippen molar-refractivity contribution < 1.29 is 13.9 Å². The third kappa shape index (κ3) is 4.21. The predicted molar refractivity (Wildman–Crippen MR) is 84.6 cm³/mol. The van der Waals surface area contributed by atoms with Crippen molar-refractivity contribution in [3.8, 4) is 5.75 Å². The summed E-state index contributed by atoms with van der Waals surface area (Å²) in [6.07, 6.45) is 0. The van der Waals surface area contributed by atoms with Crippen LogP contribution in [0.5, 0.6) is 5.75 Å². The Morgan fingerprint density at radius 3 is 2.55 bits per heavy atom. The van der Waals surface area contributed by atoms with Crippen LogP contribution in [0.15, 0.2) is 42.5 Å². The standard InChI is InChI=1S/C17H17ClFNO2/c1-12-6-8-13(9-7-12)22-11-17(21)20(2)10-14-15(18)4-3-5-16(14)19/h3-9H,10-11H2,1-2H3. The number of rotatable bonds is 5. The Bertz CT molecular complexity index is 638. The van der Waals surface area contributed by atoms with E-state index in [1.54, 1.807) is 25.2 Å². The Morgan fingerprint density at radius 1 is 1.23 bits per heavy atom. The number of aryl methyl sites for hydroxylation is 1. The number of amides is 1. The Morgan fingerprint density at radius 2 is 1.91 bits per heavy atom. The molecule has 0 atom stereocenters.